The summed E-state index contributed by atoms with van der Waals surface area (Å²) in [7, 11) is 0. The van der Waals surface area contributed by atoms with Crippen LogP contribution in [-0.4, -0.2) is 22.3 Å². The maximum atomic E-state index is 10.4. The van der Waals surface area contributed by atoms with Crippen LogP contribution in [0.4, 0.5) is 5.69 Å². The summed E-state index contributed by atoms with van der Waals surface area (Å²) in [6.45, 7) is 0. The van der Waals surface area contributed by atoms with E-state index in [9.17, 15) is 9.59 Å². The number of anilines is 1. The van der Waals surface area contributed by atoms with E-state index < -0.39 is 5.97 Å². The lowest BCUT2D eigenvalue weighted by Crippen LogP contribution is -2.04. The van der Waals surface area contributed by atoms with Gasteiger partial charge in [0.05, 0.1) is 0 Å². The van der Waals surface area contributed by atoms with Crippen LogP contribution in [0.1, 0.15) is 20.8 Å². The van der Waals surface area contributed by atoms with E-state index in [2.05, 4.69) is 4.98 Å². The Labute approximate surface area is 67.8 Å². The maximum Gasteiger partial charge on any atom is 0.339 e. The number of nitrogens with zero attached hydrogens (tertiary/aromatic N) is 1. The van der Waals surface area contributed by atoms with Crippen molar-refractivity contribution in [2.24, 2.45) is 0 Å². The highest BCUT2D eigenvalue weighted by atomic mass is 16.4. The summed E-state index contributed by atoms with van der Waals surface area (Å²) >= 11 is 0. The van der Waals surface area contributed by atoms with E-state index in [1.54, 1.807) is 0 Å². The van der Waals surface area contributed by atoms with E-state index in [0.29, 0.717) is 6.29 Å². The molecule has 0 aliphatic rings. The van der Waals surface area contributed by atoms with Crippen molar-refractivity contribution >= 4 is 17.9 Å². The number of carbonyl (C=O) groups excluding carboxylic acids is 1. The van der Waals surface area contributed by atoms with Crippen LogP contribution in [0.2, 0.25) is 0 Å². The fraction of sp³-hybridized carbons (Fsp3) is 0. The monoisotopic (exact) mass is 166 g/mol. The van der Waals surface area contributed by atoms with Crippen LogP contribution in [0.15, 0.2) is 12.3 Å². The fourth-order valence-electron chi connectivity index (χ4n) is 0.731. The Morgan fingerprint density at radius 1 is 1.67 bits per heavy atom. The number of carboxylic acid groups (broad SMARTS) is 1. The number of nitrogen functional groups attached to an aromatic ring is 1. The molecule has 0 atom stereocenters. The van der Waals surface area contributed by atoms with E-state index in [1.165, 1.54) is 6.07 Å². The van der Waals surface area contributed by atoms with Gasteiger partial charge in [0.1, 0.15) is 11.3 Å². The Balaban J connectivity index is 3.20. The summed E-state index contributed by atoms with van der Waals surface area (Å²) in [5.74, 6) is -1.16. The number of carbonyl (C=O) groups is 2. The third kappa shape index (κ3) is 1.39. The average Bonchev–Trinajstić information content (AvgIpc) is 2.03. The third-order valence-electron chi connectivity index (χ3n) is 1.31. The van der Waals surface area contributed by atoms with Crippen molar-refractivity contribution in [3.63, 3.8) is 0 Å². The minimum atomic E-state index is -1.16. The Bertz CT molecular complexity index is 335. The minimum Gasteiger partial charge on any atom is -0.478 e. The van der Waals surface area contributed by atoms with E-state index in [0.717, 1.165) is 6.20 Å². The molecule has 1 aromatic heterocycles. The van der Waals surface area contributed by atoms with Crippen LogP contribution in [0.5, 0.6) is 0 Å². The maximum absolute atomic E-state index is 10.4. The Morgan fingerprint density at radius 2 is 2.33 bits per heavy atom. The molecule has 0 spiro atoms. The van der Waals surface area contributed by atoms with Crippen LogP contribution in [0, 0.1) is 0 Å². The van der Waals surface area contributed by atoms with Crippen molar-refractivity contribution in [1.29, 1.82) is 0 Å². The Hall–Kier alpha value is -1.91. The molecule has 0 radical (unpaired) electrons. The molecule has 1 rings (SSSR count). The SMILES string of the molecule is Nc1cc(C=O)ncc1C(=O)O. The van der Waals surface area contributed by atoms with Gasteiger partial charge in [0.2, 0.25) is 0 Å². The lowest BCUT2D eigenvalue weighted by molar-refractivity contribution is 0.0697. The molecule has 12 heavy (non-hydrogen) atoms. The smallest absolute Gasteiger partial charge is 0.339 e. The molecule has 3 N–H and O–H groups in total. The number of rotatable bonds is 2. The molecule has 0 aromatic carbocycles. The highest BCUT2D eigenvalue weighted by molar-refractivity contribution is 5.94. The number of pyridine rings is 1. The summed E-state index contributed by atoms with van der Waals surface area (Å²) in [5.41, 5.74) is 5.39. The van der Waals surface area contributed by atoms with Gasteiger partial charge in [-0.15, -0.1) is 0 Å². The second-order valence-electron chi connectivity index (χ2n) is 2.12. The molecule has 0 bridgehead atoms. The Kier molecular flexibility index (Phi) is 2.05. The molecule has 1 aromatic rings. The number of carboxylic acids is 1. The van der Waals surface area contributed by atoms with Crippen molar-refractivity contribution < 1.29 is 14.7 Å². The van der Waals surface area contributed by atoms with Crippen LogP contribution in [0.25, 0.3) is 0 Å². The standard InChI is InChI=1S/C7H6N2O3/c8-6-1-4(3-10)9-2-5(6)7(11)12/h1-3H,(H2,8,9)(H,11,12). The number of aldehydes is 1. The molecule has 1 heterocycles. The molecular weight excluding hydrogens is 160 g/mol. The first-order chi connectivity index (χ1) is 5.65. The summed E-state index contributed by atoms with van der Waals surface area (Å²) in [4.78, 5) is 24.1. The van der Waals surface area contributed by atoms with Crippen molar-refractivity contribution in [2.75, 3.05) is 5.73 Å². The quantitative estimate of drug-likeness (QED) is 0.611. The van der Waals surface area contributed by atoms with Crippen LogP contribution in [0.3, 0.4) is 0 Å². The molecule has 0 unspecified atom stereocenters. The topological polar surface area (TPSA) is 93.3 Å². The molecule has 0 amide bonds. The average molecular weight is 166 g/mol. The van der Waals surface area contributed by atoms with E-state index >= 15 is 0 Å². The van der Waals surface area contributed by atoms with Gasteiger partial charge in [-0.25, -0.2) is 4.79 Å². The van der Waals surface area contributed by atoms with Gasteiger partial charge in [-0.2, -0.15) is 0 Å². The molecule has 0 aliphatic heterocycles. The predicted octanol–water partition coefficient (Wildman–Crippen LogP) is 0.175. The number of hydrogen-bond donors (Lipinski definition) is 2. The molecule has 0 saturated carbocycles. The van der Waals surface area contributed by atoms with Gasteiger partial charge in [0.15, 0.2) is 6.29 Å². The van der Waals surface area contributed by atoms with Gasteiger partial charge in [-0.05, 0) is 6.07 Å². The fourth-order valence-corrected chi connectivity index (χ4v) is 0.731. The first-order valence-corrected chi connectivity index (χ1v) is 3.09. The number of nitrogens with two attached hydrogens (primary N) is 1. The van der Waals surface area contributed by atoms with E-state index in [4.69, 9.17) is 10.8 Å². The highest BCUT2D eigenvalue weighted by Gasteiger charge is 2.08. The second kappa shape index (κ2) is 3.00. The molecule has 62 valence electrons. The normalized spacial score (nSPS) is 9.33. The molecule has 5 heteroatoms. The first kappa shape index (κ1) is 8.19. The zero-order valence-electron chi connectivity index (χ0n) is 6.02. The van der Waals surface area contributed by atoms with E-state index in [1.807, 2.05) is 0 Å². The van der Waals surface area contributed by atoms with Crippen molar-refractivity contribution in [3.05, 3.63) is 23.5 Å². The number of aromatic carboxylic acids is 1. The van der Waals surface area contributed by atoms with Crippen LogP contribution < -0.4 is 5.73 Å². The zero-order valence-corrected chi connectivity index (χ0v) is 6.02. The molecule has 0 fully saturated rings. The Morgan fingerprint density at radius 3 is 2.75 bits per heavy atom. The minimum absolute atomic E-state index is 0.0413. The highest BCUT2D eigenvalue weighted by Crippen LogP contribution is 2.10. The number of hydrogen-bond acceptors (Lipinski definition) is 4. The van der Waals surface area contributed by atoms with Crippen molar-refractivity contribution in [1.82, 2.24) is 4.98 Å². The lowest BCUT2D eigenvalue weighted by Gasteiger charge is -1.98. The molecule has 0 aliphatic carbocycles. The lowest BCUT2D eigenvalue weighted by atomic mass is 10.2. The predicted molar refractivity (Wildman–Crippen MR) is 41.0 cm³/mol. The van der Waals surface area contributed by atoms with E-state index in [-0.39, 0.29) is 16.9 Å². The molecule has 5 nitrogen and oxygen atoms in total. The molecule has 0 saturated heterocycles. The van der Waals surface area contributed by atoms with Crippen LogP contribution >= 0.6 is 0 Å². The zero-order chi connectivity index (χ0) is 9.14. The molecular formula is C7H6N2O3. The van der Waals surface area contributed by atoms with Gasteiger partial charge in [-0.3, -0.25) is 9.78 Å². The van der Waals surface area contributed by atoms with Gasteiger partial charge >= 0.3 is 5.97 Å². The van der Waals surface area contributed by atoms with Gasteiger partial charge < -0.3 is 10.8 Å². The van der Waals surface area contributed by atoms with Gasteiger partial charge in [0, 0.05) is 11.9 Å². The second-order valence-corrected chi connectivity index (χ2v) is 2.12. The summed E-state index contributed by atoms with van der Waals surface area (Å²) in [6, 6.07) is 1.22. The van der Waals surface area contributed by atoms with Gasteiger partial charge in [0.25, 0.3) is 0 Å². The summed E-state index contributed by atoms with van der Waals surface area (Å²) in [5, 5.41) is 8.52. The summed E-state index contributed by atoms with van der Waals surface area (Å²) in [6.07, 6.45) is 1.56. The largest absolute Gasteiger partial charge is 0.478 e. The van der Waals surface area contributed by atoms with Crippen LogP contribution in [-0.2, 0) is 0 Å². The third-order valence-corrected chi connectivity index (χ3v) is 1.31. The van der Waals surface area contributed by atoms with Crippen molar-refractivity contribution in [2.45, 2.75) is 0 Å². The summed E-state index contributed by atoms with van der Waals surface area (Å²) < 4.78 is 0. The number of aromatic nitrogens is 1. The first-order valence-electron chi connectivity index (χ1n) is 3.09. The van der Waals surface area contributed by atoms with Gasteiger partial charge in [-0.1, -0.05) is 0 Å². The van der Waals surface area contributed by atoms with Crippen molar-refractivity contribution in [3.8, 4) is 0 Å².